The SMILES string of the molecule is C=C(C)C(=O)C(=O)CSc1ccc(S(=O)(=O)c2ccc(SCC(=O)C(=O)C(=C)C)cc2)cc1. The van der Waals surface area contributed by atoms with Crippen molar-refractivity contribution in [1.29, 1.82) is 0 Å². The topological polar surface area (TPSA) is 102 Å². The van der Waals surface area contributed by atoms with Crippen LogP contribution in [-0.4, -0.2) is 43.1 Å². The van der Waals surface area contributed by atoms with Crippen LogP contribution in [0.1, 0.15) is 13.8 Å². The lowest BCUT2D eigenvalue weighted by molar-refractivity contribution is -0.132. The number of ketones is 4. The minimum atomic E-state index is -3.77. The third-order valence-electron chi connectivity index (χ3n) is 4.29. The zero-order chi connectivity index (χ0) is 24.8. The molecule has 0 saturated carbocycles. The monoisotopic (exact) mass is 502 g/mol. The summed E-state index contributed by atoms with van der Waals surface area (Å²) in [7, 11) is -3.77. The summed E-state index contributed by atoms with van der Waals surface area (Å²) >= 11 is 2.27. The van der Waals surface area contributed by atoms with E-state index in [9.17, 15) is 27.6 Å². The van der Waals surface area contributed by atoms with Crippen LogP contribution < -0.4 is 0 Å². The van der Waals surface area contributed by atoms with E-state index in [1.54, 1.807) is 24.3 Å². The molecule has 0 fully saturated rings. The highest BCUT2D eigenvalue weighted by Crippen LogP contribution is 2.27. The Hall–Kier alpha value is -2.75. The first-order valence-electron chi connectivity index (χ1n) is 9.60. The quantitative estimate of drug-likeness (QED) is 0.242. The zero-order valence-electron chi connectivity index (χ0n) is 18.1. The van der Waals surface area contributed by atoms with Crippen molar-refractivity contribution in [3.8, 4) is 0 Å². The van der Waals surface area contributed by atoms with E-state index in [1.165, 1.54) is 38.1 Å². The van der Waals surface area contributed by atoms with Crippen LogP contribution in [0.4, 0.5) is 0 Å². The van der Waals surface area contributed by atoms with E-state index in [1.807, 2.05) is 0 Å². The third-order valence-corrected chi connectivity index (χ3v) is 8.10. The van der Waals surface area contributed by atoms with Crippen molar-refractivity contribution in [3.63, 3.8) is 0 Å². The second-order valence-corrected chi connectivity index (χ2v) is 11.1. The smallest absolute Gasteiger partial charge is 0.224 e. The van der Waals surface area contributed by atoms with Gasteiger partial charge in [0.05, 0.1) is 21.3 Å². The Kier molecular flexibility index (Phi) is 9.16. The molecule has 9 heteroatoms. The van der Waals surface area contributed by atoms with Crippen LogP contribution in [-0.2, 0) is 29.0 Å². The van der Waals surface area contributed by atoms with E-state index in [0.717, 1.165) is 23.5 Å². The van der Waals surface area contributed by atoms with Gasteiger partial charge in [0.2, 0.25) is 33.0 Å². The van der Waals surface area contributed by atoms with Crippen molar-refractivity contribution in [3.05, 3.63) is 72.8 Å². The molecular weight excluding hydrogens is 480 g/mol. The maximum atomic E-state index is 12.9. The van der Waals surface area contributed by atoms with E-state index in [0.29, 0.717) is 9.79 Å². The number of thioether (sulfide) groups is 2. The Bertz CT molecular complexity index is 1130. The largest absolute Gasteiger partial charge is 0.290 e. The molecule has 0 aliphatic rings. The summed E-state index contributed by atoms with van der Waals surface area (Å²) in [4.78, 5) is 48.2. The maximum absolute atomic E-state index is 12.9. The Morgan fingerprint density at radius 2 is 0.970 bits per heavy atom. The van der Waals surface area contributed by atoms with Crippen molar-refractivity contribution in [2.75, 3.05) is 11.5 Å². The fraction of sp³-hybridized carbons (Fsp3) is 0.167. The molecule has 0 atom stereocenters. The van der Waals surface area contributed by atoms with Crippen LogP contribution >= 0.6 is 23.5 Å². The highest BCUT2D eigenvalue weighted by molar-refractivity contribution is 8.00. The van der Waals surface area contributed by atoms with Crippen molar-refractivity contribution < 1.29 is 27.6 Å². The molecule has 2 aromatic carbocycles. The lowest BCUT2D eigenvalue weighted by Crippen LogP contribution is -2.16. The first kappa shape index (κ1) is 26.5. The van der Waals surface area contributed by atoms with Gasteiger partial charge in [0, 0.05) is 9.79 Å². The number of allylic oxidation sites excluding steroid dienone is 2. The highest BCUT2D eigenvalue weighted by atomic mass is 32.2. The molecule has 0 saturated heterocycles. The van der Waals surface area contributed by atoms with Gasteiger partial charge in [0.1, 0.15) is 0 Å². The molecule has 0 aliphatic heterocycles. The summed E-state index contributed by atoms with van der Waals surface area (Å²) in [6.45, 7) is 9.86. The predicted molar refractivity (Wildman–Crippen MR) is 129 cm³/mol. The molecule has 0 unspecified atom stereocenters. The highest BCUT2D eigenvalue weighted by Gasteiger charge is 2.19. The molecule has 0 amide bonds. The summed E-state index contributed by atoms with van der Waals surface area (Å²) in [5.74, 6) is -2.47. The zero-order valence-corrected chi connectivity index (χ0v) is 20.6. The molecule has 33 heavy (non-hydrogen) atoms. The number of hydrogen-bond acceptors (Lipinski definition) is 8. The number of rotatable bonds is 12. The van der Waals surface area contributed by atoms with E-state index in [4.69, 9.17) is 0 Å². The normalized spacial score (nSPS) is 11.0. The van der Waals surface area contributed by atoms with E-state index >= 15 is 0 Å². The lowest BCUT2D eigenvalue weighted by atomic mass is 10.2. The van der Waals surface area contributed by atoms with Gasteiger partial charge in [-0.1, -0.05) is 13.2 Å². The van der Waals surface area contributed by atoms with E-state index in [-0.39, 0.29) is 32.4 Å². The van der Waals surface area contributed by atoms with Crippen LogP contribution in [0.5, 0.6) is 0 Å². The Balaban J connectivity index is 2.04. The summed E-state index contributed by atoms with van der Waals surface area (Å²) in [5.41, 5.74) is 0.358. The molecule has 0 radical (unpaired) electrons. The van der Waals surface area contributed by atoms with Crippen LogP contribution in [0.25, 0.3) is 0 Å². The molecule has 0 aromatic heterocycles. The second kappa shape index (κ2) is 11.4. The minimum Gasteiger partial charge on any atom is -0.290 e. The molecule has 2 aromatic rings. The van der Waals surface area contributed by atoms with Gasteiger partial charge in [-0.3, -0.25) is 19.2 Å². The van der Waals surface area contributed by atoms with Crippen LogP contribution in [0.2, 0.25) is 0 Å². The molecular formula is C24H22O6S3. The Labute approximate surface area is 201 Å². The fourth-order valence-corrected chi connectivity index (χ4v) is 5.25. The fourth-order valence-electron chi connectivity index (χ4n) is 2.47. The lowest BCUT2D eigenvalue weighted by Gasteiger charge is -2.07. The van der Waals surface area contributed by atoms with Gasteiger partial charge in [-0.15, -0.1) is 23.5 Å². The van der Waals surface area contributed by atoms with E-state index in [2.05, 4.69) is 13.2 Å². The molecule has 0 bridgehead atoms. The van der Waals surface area contributed by atoms with E-state index < -0.39 is 33.0 Å². The van der Waals surface area contributed by atoms with Crippen LogP contribution in [0, 0.1) is 0 Å². The van der Waals surface area contributed by atoms with Gasteiger partial charge >= 0.3 is 0 Å². The predicted octanol–water partition coefficient (Wildman–Crippen LogP) is 4.13. The molecule has 0 heterocycles. The number of carbonyl (C=O) groups excluding carboxylic acids is 4. The van der Waals surface area contributed by atoms with Crippen LogP contribution in [0.15, 0.2) is 92.4 Å². The van der Waals surface area contributed by atoms with Crippen molar-refractivity contribution in [2.24, 2.45) is 0 Å². The average molecular weight is 503 g/mol. The van der Waals surface area contributed by atoms with Gasteiger partial charge in [0.15, 0.2) is 0 Å². The number of carbonyl (C=O) groups is 4. The second-order valence-electron chi connectivity index (χ2n) is 7.09. The maximum Gasteiger partial charge on any atom is 0.224 e. The van der Waals surface area contributed by atoms with Gasteiger partial charge in [0.25, 0.3) is 0 Å². The number of benzene rings is 2. The van der Waals surface area contributed by atoms with Gasteiger partial charge in [-0.2, -0.15) is 0 Å². The summed E-state index contributed by atoms with van der Waals surface area (Å²) in [6, 6.07) is 12.0. The first-order chi connectivity index (χ1) is 15.4. The minimum absolute atomic E-state index is 0.0581. The average Bonchev–Trinajstić information content (AvgIpc) is 2.80. The molecule has 0 spiro atoms. The van der Waals surface area contributed by atoms with Crippen LogP contribution in [0.3, 0.4) is 0 Å². The molecule has 0 aliphatic carbocycles. The molecule has 2 rings (SSSR count). The third kappa shape index (κ3) is 7.12. The molecule has 172 valence electrons. The molecule has 6 nitrogen and oxygen atoms in total. The standard InChI is InChI=1S/C24H22O6S3/c1-15(2)23(27)21(25)13-31-17-5-9-19(10-6-17)33(29,30)20-11-7-18(8-12-20)32-14-22(26)24(28)16(3)4/h5-12H,1,3,13-14H2,2,4H3. The van der Waals surface area contributed by atoms with Gasteiger partial charge in [-0.25, -0.2) is 8.42 Å². The van der Waals surface area contributed by atoms with Crippen molar-refractivity contribution in [2.45, 2.75) is 33.4 Å². The molecule has 0 N–H and O–H groups in total. The Morgan fingerprint density at radius 3 is 1.24 bits per heavy atom. The Morgan fingerprint density at radius 1 is 0.667 bits per heavy atom. The first-order valence-corrected chi connectivity index (χ1v) is 13.1. The summed E-state index contributed by atoms with van der Waals surface area (Å²) in [5, 5.41) is 0. The summed E-state index contributed by atoms with van der Waals surface area (Å²) < 4.78 is 25.8. The number of hydrogen-bond donors (Lipinski definition) is 0. The van der Waals surface area contributed by atoms with Gasteiger partial charge in [-0.05, 0) is 73.5 Å². The van der Waals surface area contributed by atoms with Crippen molar-refractivity contribution >= 4 is 56.5 Å². The summed E-state index contributed by atoms with van der Waals surface area (Å²) in [6.07, 6.45) is 0. The number of sulfone groups is 1. The van der Waals surface area contributed by atoms with Gasteiger partial charge < -0.3 is 0 Å². The number of Topliss-reactive ketones (excluding diaryl/α,β-unsaturated/α-hetero) is 4. The van der Waals surface area contributed by atoms with Crippen molar-refractivity contribution in [1.82, 2.24) is 0 Å².